The number of rotatable bonds is 0. The minimum absolute atomic E-state index is 0.430. The van der Waals surface area contributed by atoms with Gasteiger partial charge >= 0.3 is 0 Å². The molecule has 1 atom stereocenters. The first kappa shape index (κ1) is 10.8. The summed E-state index contributed by atoms with van der Waals surface area (Å²) < 4.78 is 0. The molecule has 1 aliphatic heterocycles. The number of fused-ring (bicyclic) bond motifs is 2. The van der Waals surface area contributed by atoms with Crippen molar-refractivity contribution in [1.82, 2.24) is 9.88 Å². The van der Waals surface area contributed by atoms with Crippen molar-refractivity contribution in [3.8, 4) is 0 Å². The molecule has 0 saturated carbocycles. The summed E-state index contributed by atoms with van der Waals surface area (Å²) >= 11 is 0. The van der Waals surface area contributed by atoms with Gasteiger partial charge in [-0.15, -0.1) is 0 Å². The Bertz CT molecular complexity index is 490. The summed E-state index contributed by atoms with van der Waals surface area (Å²) in [5.41, 5.74) is 12.1. The van der Waals surface area contributed by atoms with Crippen molar-refractivity contribution < 1.29 is 0 Å². The molecule has 1 aromatic rings. The van der Waals surface area contributed by atoms with Crippen LogP contribution in [0.15, 0.2) is 11.8 Å². The molecule has 0 amide bonds. The number of nitrogens with zero attached hydrogens (tertiary/aromatic N) is 2. The van der Waals surface area contributed by atoms with Crippen LogP contribution in [0.2, 0.25) is 0 Å². The summed E-state index contributed by atoms with van der Waals surface area (Å²) in [5, 5.41) is 0. The van der Waals surface area contributed by atoms with Gasteiger partial charge in [0.1, 0.15) is 0 Å². The second kappa shape index (κ2) is 3.84. The lowest BCUT2D eigenvalue weighted by molar-refractivity contribution is 0.309. The topological polar surface area (TPSA) is 42.1 Å². The van der Waals surface area contributed by atoms with Crippen molar-refractivity contribution in [2.75, 3.05) is 13.6 Å². The zero-order chi connectivity index (χ0) is 12.0. The Morgan fingerprint density at radius 3 is 3.06 bits per heavy atom. The van der Waals surface area contributed by atoms with Crippen molar-refractivity contribution in [1.29, 1.82) is 0 Å². The van der Waals surface area contributed by atoms with E-state index in [1.54, 1.807) is 0 Å². The quantitative estimate of drug-likeness (QED) is 0.734. The monoisotopic (exact) mass is 229 g/mol. The molecule has 17 heavy (non-hydrogen) atoms. The van der Waals surface area contributed by atoms with E-state index in [4.69, 9.17) is 10.7 Å². The van der Waals surface area contributed by atoms with E-state index in [2.05, 4.69) is 31.0 Å². The van der Waals surface area contributed by atoms with E-state index in [1.807, 2.05) is 0 Å². The Labute approximate surface area is 102 Å². The van der Waals surface area contributed by atoms with Gasteiger partial charge in [0.25, 0.3) is 0 Å². The third kappa shape index (κ3) is 1.84. The molecule has 1 aliphatic carbocycles. The van der Waals surface area contributed by atoms with Gasteiger partial charge in [-0.25, -0.2) is 0 Å². The lowest BCUT2D eigenvalue weighted by Crippen LogP contribution is -2.28. The molecular weight excluding hydrogens is 210 g/mol. The summed E-state index contributed by atoms with van der Waals surface area (Å²) in [6, 6.07) is 2.28. The van der Waals surface area contributed by atoms with Gasteiger partial charge in [-0.3, -0.25) is 4.98 Å². The Morgan fingerprint density at radius 1 is 1.41 bits per heavy atom. The van der Waals surface area contributed by atoms with Crippen LogP contribution >= 0.6 is 0 Å². The van der Waals surface area contributed by atoms with Gasteiger partial charge in [0.2, 0.25) is 0 Å². The average Bonchev–Trinajstić information content (AvgIpc) is 2.28. The highest BCUT2D eigenvalue weighted by Crippen LogP contribution is 2.28. The van der Waals surface area contributed by atoms with E-state index in [0.717, 1.165) is 31.6 Å². The van der Waals surface area contributed by atoms with Crippen LogP contribution in [0.5, 0.6) is 0 Å². The Hall–Kier alpha value is -1.35. The lowest BCUT2D eigenvalue weighted by atomic mass is 9.90. The maximum absolute atomic E-state index is 6.02. The van der Waals surface area contributed by atoms with E-state index in [-0.39, 0.29) is 0 Å². The highest BCUT2D eigenvalue weighted by atomic mass is 15.1. The highest BCUT2D eigenvalue weighted by molar-refractivity contribution is 5.59. The van der Waals surface area contributed by atoms with E-state index in [9.17, 15) is 0 Å². The maximum atomic E-state index is 6.02. The predicted molar refractivity (Wildman–Crippen MR) is 69.3 cm³/mol. The standard InChI is InChI=1S/C14H19N3/c1-9-5-14-10(7-12(9)15)6-11-8-17(2)4-3-13(11)16-14/h6-7,9H,3-5,8,15H2,1-2H3. The molecule has 2 heterocycles. The molecule has 0 spiro atoms. The van der Waals surface area contributed by atoms with Gasteiger partial charge in [0, 0.05) is 42.5 Å². The van der Waals surface area contributed by atoms with Crippen LogP contribution in [-0.4, -0.2) is 23.5 Å². The Balaban J connectivity index is 2.06. The van der Waals surface area contributed by atoms with Gasteiger partial charge in [-0.05, 0) is 36.7 Å². The molecule has 0 radical (unpaired) electrons. The number of hydrogen-bond donors (Lipinski definition) is 1. The summed E-state index contributed by atoms with van der Waals surface area (Å²) in [5.74, 6) is 0.430. The Kier molecular flexibility index (Phi) is 2.44. The summed E-state index contributed by atoms with van der Waals surface area (Å²) in [6.07, 6.45) is 4.17. The first-order valence-electron chi connectivity index (χ1n) is 6.31. The van der Waals surface area contributed by atoms with Crippen LogP contribution in [-0.2, 0) is 19.4 Å². The SMILES string of the molecule is CC1Cc2nc3c(cc2C=C1N)CN(C)CC3. The van der Waals surface area contributed by atoms with Gasteiger partial charge in [0.15, 0.2) is 0 Å². The first-order chi connectivity index (χ1) is 8.13. The van der Waals surface area contributed by atoms with Crippen molar-refractivity contribution in [3.05, 3.63) is 34.3 Å². The van der Waals surface area contributed by atoms with Crippen LogP contribution in [0.4, 0.5) is 0 Å². The molecular formula is C14H19N3. The Morgan fingerprint density at radius 2 is 2.24 bits per heavy atom. The van der Waals surface area contributed by atoms with Gasteiger partial charge in [0.05, 0.1) is 0 Å². The van der Waals surface area contributed by atoms with Crippen molar-refractivity contribution >= 4 is 6.08 Å². The van der Waals surface area contributed by atoms with Crippen LogP contribution in [0.25, 0.3) is 6.08 Å². The largest absolute Gasteiger partial charge is 0.402 e. The molecule has 0 saturated heterocycles. The average molecular weight is 229 g/mol. The normalized spacial score (nSPS) is 23.9. The minimum atomic E-state index is 0.430. The van der Waals surface area contributed by atoms with Crippen molar-refractivity contribution in [2.45, 2.75) is 26.3 Å². The van der Waals surface area contributed by atoms with Crippen LogP contribution in [0, 0.1) is 5.92 Å². The van der Waals surface area contributed by atoms with Crippen molar-refractivity contribution in [2.24, 2.45) is 11.7 Å². The molecule has 2 aliphatic rings. The molecule has 0 aromatic carbocycles. The molecule has 1 aromatic heterocycles. The van der Waals surface area contributed by atoms with E-state index >= 15 is 0 Å². The summed E-state index contributed by atoms with van der Waals surface area (Å²) in [4.78, 5) is 7.19. The van der Waals surface area contributed by atoms with Gasteiger partial charge < -0.3 is 10.6 Å². The van der Waals surface area contributed by atoms with Gasteiger partial charge in [-0.1, -0.05) is 6.92 Å². The van der Waals surface area contributed by atoms with Gasteiger partial charge in [-0.2, -0.15) is 0 Å². The zero-order valence-electron chi connectivity index (χ0n) is 10.5. The smallest absolute Gasteiger partial charge is 0.0486 e. The molecule has 1 unspecified atom stereocenters. The van der Waals surface area contributed by atoms with E-state index < -0.39 is 0 Å². The molecule has 3 heteroatoms. The number of hydrogen-bond acceptors (Lipinski definition) is 3. The maximum Gasteiger partial charge on any atom is 0.0486 e. The molecule has 2 N–H and O–H groups in total. The number of pyridine rings is 1. The zero-order valence-corrected chi connectivity index (χ0v) is 10.5. The molecule has 3 rings (SSSR count). The first-order valence-corrected chi connectivity index (χ1v) is 6.31. The minimum Gasteiger partial charge on any atom is -0.402 e. The summed E-state index contributed by atoms with van der Waals surface area (Å²) in [6.45, 7) is 4.30. The number of likely N-dealkylation sites (N-methyl/N-ethyl adjacent to an activating group) is 1. The molecule has 90 valence electrons. The van der Waals surface area contributed by atoms with Crippen LogP contribution < -0.4 is 5.73 Å². The highest BCUT2D eigenvalue weighted by Gasteiger charge is 2.21. The molecule has 0 fully saturated rings. The number of aromatic nitrogens is 1. The fraction of sp³-hybridized carbons (Fsp3) is 0.500. The number of allylic oxidation sites excluding steroid dienone is 1. The second-order valence-corrected chi connectivity index (χ2v) is 5.37. The summed E-state index contributed by atoms with van der Waals surface area (Å²) in [7, 11) is 2.16. The fourth-order valence-electron chi connectivity index (χ4n) is 2.69. The molecule has 0 bridgehead atoms. The van der Waals surface area contributed by atoms with E-state index in [1.165, 1.54) is 22.5 Å². The third-order valence-electron chi connectivity index (χ3n) is 3.86. The van der Waals surface area contributed by atoms with Crippen LogP contribution in [0.1, 0.15) is 29.4 Å². The number of nitrogens with two attached hydrogens (primary N) is 1. The fourth-order valence-corrected chi connectivity index (χ4v) is 2.69. The second-order valence-electron chi connectivity index (χ2n) is 5.37. The van der Waals surface area contributed by atoms with E-state index in [0.29, 0.717) is 5.92 Å². The molecule has 3 nitrogen and oxygen atoms in total. The lowest BCUT2D eigenvalue weighted by Gasteiger charge is -2.27. The van der Waals surface area contributed by atoms with Crippen molar-refractivity contribution in [3.63, 3.8) is 0 Å². The predicted octanol–water partition coefficient (Wildman–Crippen LogP) is 1.56. The van der Waals surface area contributed by atoms with Crippen LogP contribution in [0.3, 0.4) is 0 Å². The third-order valence-corrected chi connectivity index (χ3v) is 3.86.